The number of Topliss-reactive ketones (excluding diaryl/α,β-unsaturated/α-hetero) is 1. The molecule has 1 aromatic heterocycles. The van der Waals surface area contributed by atoms with Gasteiger partial charge in [-0.2, -0.15) is 0 Å². The predicted molar refractivity (Wildman–Crippen MR) is 94.1 cm³/mol. The minimum atomic E-state index is -0.400. The van der Waals surface area contributed by atoms with Gasteiger partial charge in [-0.05, 0) is 36.8 Å². The van der Waals surface area contributed by atoms with E-state index in [1.165, 1.54) is 6.92 Å². The number of anilines is 1. The fourth-order valence-electron chi connectivity index (χ4n) is 2.63. The zero-order chi connectivity index (χ0) is 18.8. The molecule has 0 bridgehead atoms. The number of amides is 1. The van der Waals surface area contributed by atoms with Gasteiger partial charge in [-0.3, -0.25) is 14.9 Å². The molecule has 0 atom stereocenters. The zero-order valence-electron chi connectivity index (χ0n) is 14.4. The fraction of sp³-hybridized carbons (Fsp3) is 0.158. The highest BCUT2D eigenvalue weighted by Crippen LogP contribution is 2.33. The molecule has 0 aliphatic carbocycles. The summed E-state index contributed by atoms with van der Waals surface area (Å²) in [5.74, 6) is 1.27. The summed E-state index contributed by atoms with van der Waals surface area (Å²) in [5, 5.41) is 10.3. The SMILES string of the molecule is CC(=O)c1ccc(C(=O)Nc2nnc(Cc3ccc4c(c3)OCO4)o2)cc1. The molecule has 0 fully saturated rings. The Morgan fingerprint density at radius 3 is 2.52 bits per heavy atom. The maximum Gasteiger partial charge on any atom is 0.322 e. The van der Waals surface area contributed by atoms with Crippen LogP contribution in [0.1, 0.15) is 39.1 Å². The first kappa shape index (κ1) is 16.8. The quantitative estimate of drug-likeness (QED) is 0.693. The fourth-order valence-corrected chi connectivity index (χ4v) is 2.63. The number of carbonyl (C=O) groups is 2. The number of fused-ring (bicyclic) bond motifs is 1. The molecule has 27 heavy (non-hydrogen) atoms. The normalized spacial score (nSPS) is 12.0. The van der Waals surface area contributed by atoms with E-state index in [1.54, 1.807) is 24.3 Å². The first-order valence-electron chi connectivity index (χ1n) is 8.22. The molecule has 2 heterocycles. The van der Waals surface area contributed by atoms with Crippen molar-refractivity contribution < 1.29 is 23.5 Å². The van der Waals surface area contributed by atoms with Gasteiger partial charge < -0.3 is 13.9 Å². The number of nitrogens with zero attached hydrogens (tertiary/aromatic N) is 2. The smallest absolute Gasteiger partial charge is 0.322 e. The third kappa shape index (κ3) is 3.64. The Morgan fingerprint density at radius 2 is 1.74 bits per heavy atom. The van der Waals surface area contributed by atoms with Crippen molar-refractivity contribution in [1.82, 2.24) is 10.2 Å². The van der Waals surface area contributed by atoms with Crippen LogP contribution in [0.15, 0.2) is 46.9 Å². The van der Waals surface area contributed by atoms with Gasteiger partial charge in [-0.25, -0.2) is 0 Å². The van der Waals surface area contributed by atoms with Crippen LogP contribution >= 0.6 is 0 Å². The van der Waals surface area contributed by atoms with E-state index in [0.717, 1.165) is 5.56 Å². The number of aromatic nitrogens is 2. The molecular weight excluding hydrogens is 350 g/mol. The Hall–Kier alpha value is -3.68. The molecule has 0 saturated heterocycles. The van der Waals surface area contributed by atoms with Crippen LogP contribution in [0.4, 0.5) is 6.01 Å². The van der Waals surface area contributed by atoms with Crippen molar-refractivity contribution >= 4 is 17.7 Å². The lowest BCUT2D eigenvalue weighted by Gasteiger charge is -2.02. The minimum absolute atomic E-state index is 0.00591. The second kappa shape index (κ2) is 6.91. The summed E-state index contributed by atoms with van der Waals surface area (Å²) in [6.07, 6.45) is 0.396. The Balaban J connectivity index is 1.41. The van der Waals surface area contributed by atoms with E-state index in [1.807, 2.05) is 18.2 Å². The Kier molecular flexibility index (Phi) is 4.29. The van der Waals surface area contributed by atoms with Crippen LogP contribution in [0.2, 0.25) is 0 Å². The van der Waals surface area contributed by atoms with Crippen molar-refractivity contribution in [2.75, 3.05) is 12.1 Å². The molecule has 0 unspecified atom stereocenters. The second-order valence-corrected chi connectivity index (χ2v) is 5.95. The summed E-state index contributed by atoms with van der Waals surface area (Å²) in [7, 11) is 0. The third-order valence-corrected chi connectivity index (χ3v) is 4.03. The number of ketones is 1. The average Bonchev–Trinajstić information content (AvgIpc) is 3.30. The lowest BCUT2D eigenvalue weighted by atomic mass is 10.1. The van der Waals surface area contributed by atoms with Gasteiger partial charge in [0, 0.05) is 11.1 Å². The maximum atomic E-state index is 12.2. The second-order valence-electron chi connectivity index (χ2n) is 5.95. The van der Waals surface area contributed by atoms with Gasteiger partial charge in [0.15, 0.2) is 17.3 Å². The molecular formula is C19H15N3O5. The maximum absolute atomic E-state index is 12.2. The van der Waals surface area contributed by atoms with Crippen LogP contribution in [-0.2, 0) is 6.42 Å². The number of rotatable bonds is 5. The number of nitrogens with one attached hydrogen (secondary N) is 1. The molecule has 4 rings (SSSR count). The number of ether oxygens (including phenoxy) is 2. The molecule has 8 heteroatoms. The van der Waals surface area contributed by atoms with Gasteiger partial charge in [0.1, 0.15) is 0 Å². The number of hydrogen-bond donors (Lipinski definition) is 1. The van der Waals surface area contributed by atoms with E-state index < -0.39 is 5.91 Å². The first-order valence-corrected chi connectivity index (χ1v) is 8.22. The summed E-state index contributed by atoms with van der Waals surface area (Å²) in [6.45, 7) is 1.68. The van der Waals surface area contributed by atoms with E-state index >= 15 is 0 Å². The summed E-state index contributed by atoms with van der Waals surface area (Å²) in [6, 6.07) is 11.9. The standard InChI is InChI=1S/C19H15N3O5/c1-11(23)13-3-5-14(6-4-13)18(24)20-19-22-21-17(27-19)9-12-2-7-15-16(8-12)26-10-25-15/h2-8H,9-10H2,1H3,(H,20,22,24). The molecule has 0 saturated carbocycles. The van der Waals surface area contributed by atoms with Gasteiger partial charge in [-0.1, -0.05) is 23.3 Å². The topological polar surface area (TPSA) is 104 Å². The highest BCUT2D eigenvalue weighted by molar-refractivity contribution is 6.04. The molecule has 0 radical (unpaired) electrons. The highest BCUT2D eigenvalue weighted by Gasteiger charge is 2.16. The van der Waals surface area contributed by atoms with Gasteiger partial charge in [-0.15, -0.1) is 5.10 Å². The summed E-state index contributed by atoms with van der Waals surface area (Å²) in [4.78, 5) is 23.5. The molecule has 2 aromatic carbocycles. The molecule has 0 spiro atoms. The van der Waals surface area contributed by atoms with Crippen molar-refractivity contribution in [3.63, 3.8) is 0 Å². The number of carbonyl (C=O) groups excluding carboxylic acids is 2. The largest absolute Gasteiger partial charge is 0.454 e. The Morgan fingerprint density at radius 1 is 1.00 bits per heavy atom. The lowest BCUT2D eigenvalue weighted by molar-refractivity contribution is 0.100. The van der Waals surface area contributed by atoms with Crippen molar-refractivity contribution in [3.8, 4) is 11.5 Å². The summed E-state index contributed by atoms with van der Waals surface area (Å²) >= 11 is 0. The molecule has 136 valence electrons. The van der Waals surface area contributed by atoms with Gasteiger partial charge in [0.05, 0.1) is 6.42 Å². The molecule has 1 aliphatic rings. The van der Waals surface area contributed by atoms with Crippen LogP contribution in [0.25, 0.3) is 0 Å². The van der Waals surface area contributed by atoms with Crippen molar-refractivity contribution in [3.05, 3.63) is 65.0 Å². The molecule has 8 nitrogen and oxygen atoms in total. The Labute approximate surface area is 154 Å². The predicted octanol–water partition coefficient (Wildman–Crippen LogP) is 2.84. The molecule has 3 aromatic rings. The van der Waals surface area contributed by atoms with Crippen LogP contribution in [-0.4, -0.2) is 28.7 Å². The average molecular weight is 365 g/mol. The van der Waals surface area contributed by atoms with E-state index in [4.69, 9.17) is 13.9 Å². The van der Waals surface area contributed by atoms with E-state index in [2.05, 4.69) is 15.5 Å². The van der Waals surface area contributed by atoms with Crippen LogP contribution < -0.4 is 14.8 Å². The molecule has 1 amide bonds. The first-order chi connectivity index (χ1) is 13.1. The number of hydrogen-bond acceptors (Lipinski definition) is 7. The van der Waals surface area contributed by atoms with Gasteiger partial charge >= 0.3 is 6.01 Å². The van der Waals surface area contributed by atoms with Crippen molar-refractivity contribution in [2.24, 2.45) is 0 Å². The molecule has 1 N–H and O–H groups in total. The van der Waals surface area contributed by atoms with E-state index in [-0.39, 0.29) is 18.6 Å². The van der Waals surface area contributed by atoms with Crippen LogP contribution in [0, 0.1) is 0 Å². The van der Waals surface area contributed by atoms with Crippen molar-refractivity contribution in [2.45, 2.75) is 13.3 Å². The zero-order valence-corrected chi connectivity index (χ0v) is 14.4. The summed E-state index contributed by atoms with van der Waals surface area (Å²) in [5.41, 5.74) is 1.84. The third-order valence-electron chi connectivity index (χ3n) is 4.03. The van der Waals surface area contributed by atoms with Gasteiger partial charge in [0.25, 0.3) is 5.91 Å². The summed E-state index contributed by atoms with van der Waals surface area (Å²) < 4.78 is 16.1. The monoisotopic (exact) mass is 365 g/mol. The van der Waals surface area contributed by atoms with E-state index in [9.17, 15) is 9.59 Å². The lowest BCUT2D eigenvalue weighted by Crippen LogP contribution is -2.12. The van der Waals surface area contributed by atoms with Crippen LogP contribution in [0.3, 0.4) is 0 Å². The minimum Gasteiger partial charge on any atom is -0.454 e. The van der Waals surface area contributed by atoms with Gasteiger partial charge in [0.2, 0.25) is 12.7 Å². The van der Waals surface area contributed by atoms with Crippen LogP contribution in [0.5, 0.6) is 11.5 Å². The van der Waals surface area contributed by atoms with E-state index in [0.29, 0.717) is 34.9 Å². The Bertz CT molecular complexity index is 1010. The molecule has 1 aliphatic heterocycles. The number of benzene rings is 2. The highest BCUT2D eigenvalue weighted by atomic mass is 16.7. The van der Waals surface area contributed by atoms with Crippen molar-refractivity contribution in [1.29, 1.82) is 0 Å².